The van der Waals surface area contributed by atoms with Crippen LogP contribution < -0.4 is 10.2 Å². The van der Waals surface area contributed by atoms with Gasteiger partial charge in [0.25, 0.3) is 0 Å². The van der Waals surface area contributed by atoms with Gasteiger partial charge in [-0.3, -0.25) is 4.79 Å². The highest BCUT2D eigenvalue weighted by atomic mass is 32.1. The quantitative estimate of drug-likeness (QED) is 0.712. The number of ether oxygens (including phenoxy) is 1. The van der Waals surface area contributed by atoms with Crippen molar-refractivity contribution in [1.29, 1.82) is 0 Å². The van der Waals surface area contributed by atoms with Gasteiger partial charge >= 0.3 is 0 Å². The van der Waals surface area contributed by atoms with E-state index in [2.05, 4.69) is 0 Å². The fourth-order valence-electron chi connectivity index (χ4n) is 2.96. The monoisotopic (exact) mass is 357 g/mol. The van der Waals surface area contributed by atoms with E-state index in [1.807, 2.05) is 63.2 Å². The molecule has 3 aromatic rings. The lowest BCUT2D eigenvalue weighted by Crippen LogP contribution is -2.30. The minimum atomic E-state index is -0.606. The van der Waals surface area contributed by atoms with Crippen molar-refractivity contribution in [2.75, 3.05) is 27.2 Å². The number of hydrogen-bond acceptors (Lipinski definition) is 5. The minimum absolute atomic E-state index is 0.00968. The van der Waals surface area contributed by atoms with Gasteiger partial charge in [-0.1, -0.05) is 12.1 Å². The summed E-state index contributed by atoms with van der Waals surface area (Å²) in [5, 5.41) is 11.4. The standard InChI is InChI=1S/C20H23NO3S/c1-12-9-16(24-11-14(22)10-21(3)4)18-19(23)15-7-5-6-8-17(15)25-20(18)13(12)2/h5-9,14,22H,10-11H2,1-4H3. The Hall–Kier alpha value is -1.95. The second-order valence-corrected chi connectivity index (χ2v) is 7.73. The van der Waals surface area contributed by atoms with Gasteiger partial charge in [0.1, 0.15) is 18.5 Å². The second-order valence-electron chi connectivity index (χ2n) is 6.68. The third kappa shape index (κ3) is 3.54. The van der Waals surface area contributed by atoms with Crippen molar-refractivity contribution in [2.24, 2.45) is 0 Å². The van der Waals surface area contributed by atoms with Gasteiger partial charge in [0, 0.05) is 21.3 Å². The summed E-state index contributed by atoms with van der Waals surface area (Å²) in [6, 6.07) is 9.56. The normalized spacial score (nSPS) is 12.9. The average molecular weight is 357 g/mol. The van der Waals surface area contributed by atoms with E-state index in [0.717, 1.165) is 20.5 Å². The Morgan fingerprint density at radius 3 is 2.68 bits per heavy atom. The number of fused-ring (bicyclic) bond motifs is 2. The highest BCUT2D eigenvalue weighted by Gasteiger charge is 2.16. The maximum absolute atomic E-state index is 13.1. The first-order valence-electron chi connectivity index (χ1n) is 8.30. The summed E-state index contributed by atoms with van der Waals surface area (Å²) in [5.74, 6) is 0.558. The Bertz CT molecular complexity index is 978. The molecule has 0 radical (unpaired) electrons. The van der Waals surface area contributed by atoms with Crippen LogP contribution in [0.5, 0.6) is 5.75 Å². The summed E-state index contributed by atoms with van der Waals surface area (Å²) < 4.78 is 7.82. The second kappa shape index (κ2) is 7.12. The zero-order valence-electron chi connectivity index (χ0n) is 15.0. The third-order valence-corrected chi connectivity index (χ3v) is 5.62. The molecule has 0 bridgehead atoms. The molecule has 0 saturated heterocycles. The minimum Gasteiger partial charge on any atom is -0.490 e. The van der Waals surface area contributed by atoms with Crippen LogP contribution in [0.1, 0.15) is 11.1 Å². The summed E-state index contributed by atoms with van der Waals surface area (Å²) in [4.78, 5) is 15.0. The van der Waals surface area contributed by atoms with Crippen LogP contribution in [0.2, 0.25) is 0 Å². The number of rotatable bonds is 5. The highest BCUT2D eigenvalue weighted by molar-refractivity contribution is 7.24. The SMILES string of the molecule is Cc1cc(OCC(O)CN(C)C)c2c(=O)c3ccccc3sc2c1C. The summed E-state index contributed by atoms with van der Waals surface area (Å²) in [5.41, 5.74) is 2.17. The van der Waals surface area contributed by atoms with Crippen molar-refractivity contribution in [1.82, 2.24) is 4.90 Å². The lowest BCUT2D eigenvalue weighted by Gasteiger charge is -2.18. The topological polar surface area (TPSA) is 49.8 Å². The van der Waals surface area contributed by atoms with Crippen LogP contribution in [0.25, 0.3) is 20.2 Å². The Morgan fingerprint density at radius 2 is 1.96 bits per heavy atom. The third-order valence-electron chi connectivity index (χ3n) is 4.33. The van der Waals surface area contributed by atoms with Crippen molar-refractivity contribution in [2.45, 2.75) is 20.0 Å². The van der Waals surface area contributed by atoms with Crippen LogP contribution in [0.15, 0.2) is 35.1 Å². The van der Waals surface area contributed by atoms with Crippen molar-refractivity contribution in [3.05, 3.63) is 51.7 Å². The molecule has 1 unspecified atom stereocenters. The molecule has 5 heteroatoms. The van der Waals surface area contributed by atoms with Gasteiger partial charge < -0.3 is 14.7 Å². The van der Waals surface area contributed by atoms with Gasteiger partial charge in [0.05, 0.1) is 5.39 Å². The van der Waals surface area contributed by atoms with Crippen LogP contribution in [-0.4, -0.2) is 43.4 Å². The predicted molar refractivity (Wildman–Crippen MR) is 105 cm³/mol. The molecule has 132 valence electrons. The molecule has 0 aliphatic rings. The maximum Gasteiger partial charge on any atom is 0.199 e. The Kier molecular flexibility index (Phi) is 5.08. The van der Waals surface area contributed by atoms with E-state index in [1.54, 1.807) is 11.3 Å². The van der Waals surface area contributed by atoms with E-state index in [1.165, 1.54) is 0 Å². The molecule has 1 aromatic heterocycles. The molecule has 4 nitrogen and oxygen atoms in total. The first-order valence-corrected chi connectivity index (χ1v) is 9.11. The van der Waals surface area contributed by atoms with E-state index in [4.69, 9.17) is 4.74 Å². The molecule has 1 atom stereocenters. The summed E-state index contributed by atoms with van der Waals surface area (Å²) in [6.45, 7) is 4.72. The number of benzene rings is 2. The summed E-state index contributed by atoms with van der Waals surface area (Å²) in [7, 11) is 3.80. The predicted octanol–water partition coefficient (Wildman–Crippen LogP) is 3.33. The van der Waals surface area contributed by atoms with E-state index >= 15 is 0 Å². The van der Waals surface area contributed by atoms with E-state index < -0.39 is 6.10 Å². The molecule has 0 aliphatic carbocycles. The van der Waals surface area contributed by atoms with Gasteiger partial charge in [0.2, 0.25) is 0 Å². The van der Waals surface area contributed by atoms with Crippen LogP contribution in [0.4, 0.5) is 0 Å². The molecule has 0 spiro atoms. The fourth-order valence-corrected chi connectivity index (χ4v) is 4.21. The van der Waals surface area contributed by atoms with Gasteiger partial charge in [-0.25, -0.2) is 0 Å². The van der Waals surface area contributed by atoms with Gasteiger partial charge in [-0.2, -0.15) is 0 Å². The number of likely N-dealkylation sites (N-methyl/N-ethyl adjacent to an activating group) is 1. The van der Waals surface area contributed by atoms with E-state index in [-0.39, 0.29) is 12.0 Å². The molecular weight excluding hydrogens is 334 g/mol. The summed E-state index contributed by atoms with van der Waals surface area (Å²) >= 11 is 1.61. The first kappa shape index (κ1) is 17.9. The number of nitrogens with zero attached hydrogens (tertiary/aromatic N) is 1. The lowest BCUT2D eigenvalue weighted by atomic mass is 10.1. The Balaban J connectivity index is 2.13. The average Bonchev–Trinajstić information content (AvgIpc) is 2.56. The number of aliphatic hydroxyl groups excluding tert-OH is 1. The highest BCUT2D eigenvalue weighted by Crippen LogP contribution is 2.34. The Labute approximate surface area is 151 Å². The maximum atomic E-state index is 13.1. The van der Waals surface area contributed by atoms with Crippen molar-refractivity contribution in [3.63, 3.8) is 0 Å². The molecule has 0 fully saturated rings. The van der Waals surface area contributed by atoms with Crippen molar-refractivity contribution < 1.29 is 9.84 Å². The molecule has 3 rings (SSSR count). The summed E-state index contributed by atoms with van der Waals surface area (Å²) in [6.07, 6.45) is -0.606. The van der Waals surface area contributed by atoms with Crippen molar-refractivity contribution >= 4 is 31.5 Å². The van der Waals surface area contributed by atoms with E-state index in [0.29, 0.717) is 23.1 Å². The number of aliphatic hydroxyl groups is 1. The van der Waals surface area contributed by atoms with Gasteiger partial charge in [-0.15, -0.1) is 11.3 Å². The van der Waals surface area contributed by atoms with E-state index in [9.17, 15) is 9.90 Å². The van der Waals surface area contributed by atoms with Crippen molar-refractivity contribution in [3.8, 4) is 5.75 Å². The van der Waals surface area contributed by atoms with Crippen LogP contribution in [0.3, 0.4) is 0 Å². The zero-order valence-corrected chi connectivity index (χ0v) is 15.8. The molecule has 25 heavy (non-hydrogen) atoms. The molecular formula is C20H23NO3S. The number of hydrogen-bond donors (Lipinski definition) is 1. The largest absolute Gasteiger partial charge is 0.490 e. The molecule has 0 aliphatic heterocycles. The zero-order chi connectivity index (χ0) is 18.1. The van der Waals surface area contributed by atoms with Gasteiger partial charge in [-0.05, 0) is 57.3 Å². The van der Waals surface area contributed by atoms with Crippen LogP contribution in [0, 0.1) is 13.8 Å². The first-order chi connectivity index (χ1) is 11.9. The smallest absolute Gasteiger partial charge is 0.199 e. The van der Waals surface area contributed by atoms with Crippen LogP contribution in [-0.2, 0) is 0 Å². The lowest BCUT2D eigenvalue weighted by molar-refractivity contribution is 0.0837. The Morgan fingerprint density at radius 1 is 1.24 bits per heavy atom. The molecule has 1 N–H and O–H groups in total. The molecule has 2 aromatic carbocycles. The van der Waals surface area contributed by atoms with Gasteiger partial charge in [0.15, 0.2) is 5.43 Å². The van der Waals surface area contributed by atoms with Crippen LogP contribution >= 0.6 is 11.3 Å². The molecule has 0 amide bonds. The molecule has 0 saturated carbocycles. The fraction of sp³-hybridized carbons (Fsp3) is 0.350. The molecule has 1 heterocycles. The number of aryl methyl sites for hydroxylation is 2.